The van der Waals surface area contributed by atoms with Crippen LogP contribution in [-0.4, -0.2) is 44.7 Å². The quantitative estimate of drug-likeness (QED) is 0.603. The molecule has 2 aliphatic heterocycles. The summed E-state index contributed by atoms with van der Waals surface area (Å²) in [4.78, 5) is 12.1. The molecule has 1 aliphatic carbocycles. The average Bonchev–Trinajstić information content (AvgIpc) is 3.03. The topological polar surface area (TPSA) is 67.8 Å². The number of ether oxygens (including phenoxy) is 1. The van der Waals surface area contributed by atoms with E-state index in [1.54, 1.807) is 0 Å². The minimum absolute atomic E-state index is 0.00369. The average molecular weight is 354 g/mol. The number of cyclic esters (lactones) is 1. The summed E-state index contributed by atoms with van der Waals surface area (Å²) in [7, 11) is -1.85. The first-order chi connectivity index (χ1) is 11.1. The maximum atomic E-state index is 12.1. The van der Waals surface area contributed by atoms with Crippen LogP contribution in [0.4, 0.5) is 0 Å². The third-order valence-corrected chi connectivity index (χ3v) is 11.0. The number of hydrogen-bond donors (Lipinski definition) is 2. The number of hydrogen-bond acceptors (Lipinski definition) is 5. The van der Waals surface area contributed by atoms with Gasteiger partial charge in [-0.25, -0.2) is 4.79 Å². The maximum Gasteiger partial charge on any atom is 0.338 e. The molecule has 0 spiro atoms. The van der Waals surface area contributed by atoms with Crippen molar-refractivity contribution in [1.82, 2.24) is 5.32 Å². The Morgan fingerprint density at radius 3 is 2.58 bits per heavy atom. The van der Waals surface area contributed by atoms with Gasteiger partial charge in [-0.15, -0.1) is 0 Å². The molecule has 4 atom stereocenters. The predicted octanol–water partition coefficient (Wildman–Crippen LogP) is 3.13. The highest BCUT2D eigenvalue weighted by Crippen LogP contribution is 2.45. The van der Waals surface area contributed by atoms with E-state index in [-0.39, 0.29) is 41.4 Å². The van der Waals surface area contributed by atoms with Gasteiger partial charge in [-0.3, -0.25) is 0 Å². The van der Waals surface area contributed by atoms with Crippen molar-refractivity contribution in [2.45, 2.75) is 70.3 Å². The van der Waals surface area contributed by atoms with E-state index in [4.69, 9.17) is 9.16 Å². The molecule has 0 aromatic rings. The van der Waals surface area contributed by atoms with E-state index in [2.05, 4.69) is 39.2 Å². The van der Waals surface area contributed by atoms with Gasteiger partial charge < -0.3 is 19.6 Å². The van der Waals surface area contributed by atoms with Crippen LogP contribution < -0.4 is 5.32 Å². The first-order valence-electron chi connectivity index (χ1n) is 9.10. The first kappa shape index (κ1) is 18.0. The standard InChI is InChI=1S/C18H31NO4Si/c1-18(2,3)24(4,5)23-12-8-11-6-7-19-16(11)13(9-12)15-14(20)10-22-17(15)21/h11-13,16,19-20H,6-10H2,1-5H3/t11-,12?,13+,16?/m1/s1. The molecule has 0 amide bonds. The Bertz CT molecular complexity index is 552. The van der Waals surface area contributed by atoms with Crippen LogP contribution in [0.2, 0.25) is 18.1 Å². The van der Waals surface area contributed by atoms with Gasteiger partial charge in [-0.05, 0) is 49.9 Å². The van der Waals surface area contributed by atoms with Crippen LogP contribution in [0.1, 0.15) is 40.0 Å². The lowest BCUT2D eigenvalue weighted by Gasteiger charge is -2.44. The van der Waals surface area contributed by atoms with Crippen LogP contribution in [0, 0.1) is 11.8 Å². The van der Waals surface area contributed by atoms with Crippen LogP contribution in [0.5, 0.6) is 0 Å². The summed E-state index contributed by atoms with van der Waals surface area (Å²) < 4.78 is 11.7. The fraction of sp³-hybridized carbons (Fsp3) is 0.833. The Labute approximate surface area is 145 Å². The summed E-state index contributed by atoms with van der Waals surface area (Å²) in [5.74, 6) is 0.270. The number of nitrogens with one attached hydrogen (secondary N) is 1. The molecule has 2 unspecified atom stereocenters. The van der Waals surface area contributed by atoms with Gasteiger partial charge in [0, 0.05) is 18.1 Å². The van der Waals surface area contributed by atoms with E-state index < -0.39 is 8.32 Å². The summed E-state index contributed by atoms with van der Waals surface area (Å²) in [6, 6.07) is 0.257. The van der Waals surface area contributed by atoms with Gasteiger partial charge in [0.2, 0.25) is 0 Å². The number of aliphatic hydroxyl groups is 1. The minimum atomic E-state index is -1.85. The van der Waals surface area contributed by atoms with Gasteiger partial charge in [0.15, 0.2) is 8.32 Å². The molecule has 3 aliphatic rings. The fourth-order valence-corrected chi connectivity index (χ4v) is 5.52. The minimum Gasteiger partial charge on any atom is -0.508 e. The highest BCUT2D eigenvalue weighted by molar-refractivity contribution is 6.74. The van der Waals surface area contributed by atoms with Gasteiger partial charge >= 0.3 is 5.97 Å². The number of carbonyl (C=O) groups excluding carboxylic acids is 1. The molecule has 136 valence electrons. The Kier molecular flexibility index (Phi) is 4.60. The van der Waals surface area contributed by atoms with Crippen molar-refractivity contribution in [1.29, 1.82) is 0 Å². The summed E-state index contributed by atoms with van der Waals surface area (Å²) >= 11 is 0. The Morgan fingerprint density at radius 1 is 1.29 bits per heavy atom. The molecule has 0 aromatic carbocycles. The third-order valence-electron chi connectivity index (χ3n) is 6.43. The Morgan fingerprint density at radius 2 is 2.00 bits per heavy atom. The lowest BCUT2D eigenvalue weighted by molar-refractivity contribution is -0.137. The zero-order valence-electron chi connectivity index (χ0n) is 15.5. The van der Waals surface area contributed by atoms with Gasteiger partial charge in [0.05, 0.1) is 5.57 Å². The molecule has 0 aromatic heterocycles. The molecule has 2 N–H and O–H groups in total. The lowest BCUT2D eigenvalue weighted by Crippen LogP contribution is -2.50. The molecule has 3 rings (SSSR count). The highest BCUT2D eigenvalue weighted by atomic mass is 28.4. The van der Waals surface area contributed by atoms with Gasteiger partial charge in [-0.2, -0.15) is 0 Å². The Balaban J connectivity index is 1.82. The number of rotatable bonds is 3. The second-order valence-corrected chi connectivity index (χ2v) is 13.8. The van der Waals surface area contributed by atoms with Crippen molar-refractivity contribution in [3.63, 3.8) is 0 Å². The molecule has 1 saturated heterocycles. The van der Waals surface area contributed by atoms with Crippen molar-refractivity contribution in [3.05, 3.63) is 11.3 Å². The van der Waals surface area contributed by atoms with E-state index >= 15 is 0 Å². The normalized spacial score (nSPS) is 34.5. The molecule has 0 radical (unpaired) electrons. The lowest BCUT2D eigenvalue weighted by atomic mass is 9.73. The first-order valence-corrected chi connectivity index (χ1v) is 12.0. The number of aliphatic hydroxyl groups excluding tert-OH is 1. The second-order valence-electron chi connectivity index (χ2n) is 9.04. The number of carbonyl (C=O) groups is 1. The van der Waals surface area contributed by atoms with Crippen molar-refractivity contribution in [3.8, 4) is 0 Å². The van der Waals surface area contributed by atoms with Crippen LogP contribution in [0.15, 0.2) is 11.3 Å². The van der Waals surface area contributed by atoms with Crippen LogP contribution in [0.3, 0.4) is 0 Å². The zero-order valence-corrected chi connectivity index (χ0v) is 16.5. The molecule has 5 nitrogen and oxygen atoms in total. The smallest absolute Gasteiger partial charge is 0.338 e. The predicted molar refractivity (Wildman–Crippen MR) is 95.3 cm³/mol. The van der Waals surface area contributed by atoms with E-state index in [0.29, 0.717) is 11.5 Å². The van der Waals surface area contributed by atoms with Crippen molar-refractivity contribution in [2.75, 3.05) is 13.2 Å². The number of fused-ring (bicyclic) bond motifs is 1. The molecule has 6 heteroatoms. The SMILES string of the molecule is CC(C)(C)[Si](C)(C)OC1C[C@H]2CCNC2[C@H](C2=C(O)COC2=O)C1. The summed E-state index contributed by atoms with van der Waals surface area (Å²) in [5.41, 5.74) is 0.489. The van der Waals surface area contributed by atoms with Gasteiger partial charge in [-0.1, -0.05) is 20.8 Å². The van der Waals surface area contributed by atoms with Gasteiger partial charge in [0.25, 0.3) is 0 Å². The molecule has 1 saturated carbocycles. The van der Waals surface area contributed by atoms with Crippen molar-refractivity contribution >= 4 is 14.3 Å². The second kappa shape index (κ2) is 6.14. The molecule has 2 heterocycles. The van der Waals surface area contributed by atoms with Crippen LogP contribution in [-0.2, 0) is 14.0 Å². The summed E-state index contributed by atoms with van der Waals surface area (Å²) in [6.07, 6.45) is 3.10. The largest absolute Gasteiger partial charge is 0.508 e. The fourth-order valence-electron chi connectivity index (χ4n) is 4.14. The number of esters is 1. The molecular formula is C18H31NO4Si. The van der Waals surface area contributed by atoms with E-state index in [1.165, 1.54) is 0 Å². The summed E-state index contributed by atoms with van der Waals surface area (Å²) in [5, 5.41) is 13.9. The molecular weight excluding hydrogens is 322 g/mol. The molecule has 24 heavy (non-hydrogen) atoms. The third kappa shape index (κ3) is 3.16. The summed E-state index contributed by atoms with van der Waals surface area (Å²) in [6.45, 7) is 12.3. The highest BCUT2D eigenvalue weighted by Gasteiger charge is 2.48. The van der Waals surface area contributed by atoms with E-state index in [9.17, 15) is 9.90 Å². The molecule has 2 fully saturated rings. The van der Waals surface area contributed by atoms with Gasteiger partial charge in [0.1, 0.15) is 12.4 Å². The van der Waals surface area contributed by atoms with Crippen molar-refractivity contribution in [2.24, 2.45) is 11.8 Å². The monoisotopic (exact) mass is 353 g/mol. The van der Waals surface area contributed by atoms with E-state index in [0.717, 1.165) is 25.8 Å². The van der Waals surface area contributed by atoms with Crippen LogP contribution in [0.25, 0.3) is 0 Å². The zero-order chi connectivity index (χ0) is 17.7. The Hall–Kier alpha value is -0.853. The van der Waals surface area contributed by atoms with Crippen LogP contribution >= 0.6 is 0 Å². The maximum absolute atomic E-state index is 12.1. The van der Waals surface area contributed by atoms with E-state index in [1.807, 2.05) is 0 Å². The van der Waals surface area contributed by atoms with Crippen molar-refractivity contribution < 1.29 is 19.1 Å². The molecule has 0 bridgehead atoms.